The van der Waals surface area contributed by atoms with Crippen molar-refractivity contribution in [3.8, 4) is 5.75 Å². The number of aromatic nitrogens is 1. The summed E-state index contributed by atoms with van der Waals surface area (Å²) < 4.78 is 41.4. The molecule has 164 valence electrons. The molecule has 3 nitrogen and oxygen atoms in total. The molecule has 0 bridgehead atoms. The van der Waals surface area contributed by atoms with Crippen LogP contribution in [0.5, 0.6) is 5.75 Å². The molecule has 0 unspecified atom stereocenters. The average Bonchev–Trinajstić information content (AvgIpc) is 3.13. The van der Waals surface area contributed by atoms with E-state index in [-0.39, 0.29) is 0 Å². The largest absolute Gasteiger partial charge is 0.737 e. The van der Waals surface area contributed by atoms with Crippen LogP contribution in [0.4, 0.5) is 8.63 Å². The fraction of sp³-hybridized carbons (Fsp3) is 0.375. The van der Waals surface area contributed by atoms with Gasteiger partial charge >= 0.3 is 6.97 Å². The lowest BCUT2D eigenvalue weighted by atomic mass is 9.83. The van der Waals surface area contributed by atoms with Gasteiger partial charge in [-0.15, -0.1) is 0 Å². The Morgan fingerprint density at radius 1 is 1.10 bits per heavy atom. The predicted octanol–water partition coefficient (Wildman–Crippen LogP) is 6.65. The number of fused-ring (bicyclic) bond motifs is 2. The number of methoxy groups -OCH3 is 1. The van der Waals surface area contributed by atoms with E-state index < -0.39 is 6.97 Å². The van der Waals surface area contributed by atoms with Crippen LogP contribution in [-0.4, -0.2) is 28.8 Å². The van der Waals surface area contributed by atoms with E-state index in [9.17, 15) is 0 Å². The maximum absolute atomic E-state index is 16.2. The van der Waals surface area contributed by atoms with Crippen LogP contribution in [0.3, 0.4) is 0 Å². The Morgan fingerprint density at radius 2 is 1.77 bits per heavy atom. The Hall–Kier alpha value is -2.15. The molecule has 0 spiro atoms. The minimum absolute atomic E-state index is 0.625. The SMILES string of the molecule is CCC1=C(C)C2=C(c3ccc(Br)c(OC)c3)c3c(C)c(CC)c(C)n3[B-](F)(F)[N+]2=C1C. The number of nitrogens with zero attached hydrogens (tertiary/aromatic N) is 2. The van der Waals surface area contributed by atoms with Crippen molar-refractivity contribution in [2.75, 3.05) is 7.11 Å². The first kappa shape index (κ1) is 22.1. The van der Waals surface area contributed by atoms with E-state index in [1.807, 2.05) is 59.7 Å². The molecule has 0 atom stereocenters. The smallest absolute Gasteiger partial charge is 0.496 e. The zero-order chi connectivity index (χ0) is 22.8. The molecule has 3 heterocycles. The van der Waals surface area contributed by atoms with E-state index in [0.29, 0.717) is 41.4 Å². The Labute approximate surface area is 191 Å². The average molecular weight is 489 g/mol. The van der Waals surface area contributed by atoms with Crippen LogP contribution in [0.15, 0.2) is 39.5 Å². The van der Waals surface area contributed by atoms with Crippen LogP contribution < -0.4 is 4.74 Å². The van der Waals surface area contributed by atoms with Gasteiger partial charge in [-0.1, -0.05) is 19.9 Å². The van der Waals surface area contributed by atoms with E-state index in [4.69, 9.17) is 4.74 Å². The molecule has 4 rings (SSSR count). The highest BCUT2D eigenvalue weighted by Gasteiger charge is 2.56. The zero-order valence-corrected chi connectivity index (χ0v) is 20.7. The highest BCUT2D eigenvalue weighted by atomic mass is 79.9. The van der Waals surface area contributed by atoms with Gasteiger partial charge in [0.2, 0.25) is 0 Å². The summed E-state index contributed by atoms with van der Waals surface area (Å²) in [6.45, 7) is 7.64. The molecule has 7 heteroatoms. The Balaban J connectivity index is 2.22. The highest BCUT2D eigenvalue weighted by molar-refractivity contribution is 9.10. The standard InChI is InChI=1S/C24H28BBrF2N2O/c1-8-18-13(3)23-22(17-10-11-20(26)21(12-17)31-7)24-14(4)19(9-2)16(6)30(24)25(27,28)29(23)15(18)5/h10-12H,8-9H2,1-7H3. The zero-order valence-electron chi connectivity index (χ0n) is 19.2. The van der Waals surface area contributed by atoms with Gasteiger partial charge in [-0.05, 0) is 84.1 Å². The third-order valence-electron chi connectivity index (χ3n) is 6.94. The van der Waals surface area contributed by atoms with Crippen LogP contribution in [0.1, 0.15) is 62.2 Å². The van der Waals surface area contributed by atoms with Crippen molar-refractivity contribution < 1.29 is 17.9 Å². The molecule has 0 saturated heterocycles. The van der Waals surface area contributed by atoms with Gasteiger partial charge in [0.25, 0.3) is 0 Å². The molecule has 2 aliphatic rings. The quantitative estimate of drug-likeness (QED) is 0.440. The van der Waals surface area contributed by atoms with Gasteiger partial charge in [0.1, 0.15) is 11.5 Å². The lowest BCUT2D eigenvalue weighted by molar-refractivity contribution is -0.363. The van der Waals surface area contributed by atoms with Crippen molar-refractivity contribution in [1.29, 1.82) is 0 Å². The van der Waals surface area contributed by atoms with Crippen LogP contribution in [0.2, 0.25) is 0 Å². The summed E-state index contributed by atoms with van der Waals surface area (Å²) in [7, 11) is 1.62. The molecular weight excluding hydrogens is 461 g/mol. The van der Waals surface area contributed by atoms with Gasteiger partial charge in [0.05, 0.1) is 17.2 Å². The Kier molecular flexibility index (Phi) is 5.32. The normalized spacial score (nSPS) is 17.5. The second kappa shape index (κ2) is 7.47. The van der Waals surface area contributed by atoms with Gasteiger partial charge in [0.15, 0.2) is 5.70 Å². The molecule has 0 saturated carbocycles. The van der Waals surface area contributed by atoms with E-state index in [1.165, 1.54) is 8.96 Å². The molecule has 1 aromatic carbocycles. The van der Waals surface area contributed by atoms with Crippen molar-refractivity contribution in [3.05, 3.63) is 67.6 Å². The third-order valence-corrected chi connectivity index (χ3v) is 7.59. The summed E-state index contributed by atoms with van der Waals surface area (Å²) in [4.78, 5) is 0. The summed E-state index contributed by atoms with van der Waals surface area (Å²) in [5, 5.41) is 0. The summed E-state index contributed by atoms with van der Waals surface area (Å²) >= 11 is 3.52. The van der Waals surface area contributed by atoms with E-state index >= 15 is 8.63 Å². The van der Waals surface area contributed by atoms with Crippen molar-refractivity contribution >= 4 is 34.2 Å². The first-order chi connectivity index (χ1) is 14.6. The monoisotopic (exact) mass is 488 g/mol. The lowest BCUT2D eigenvalue weighted by Crippen LogP contribution is -2.51. The molecular formula is C24H28BBrF2N2O. The van der Waals surface area contributed by atoms with Crippen molar-refractivity contribution in [2.24, 2.45) is 0 Å². The van der Waals surface area contributed by atoms with Crippen molar-refractivity contribution in [1.82, 2.24) is 4.48 Å². The first-order valence-electron chi connectivity index (χ1n) is 10.8. The summed E-state index contributed by atoms with van der Waals surface area (Å²) in [6.07, 6.45) is 1.43. The van der Waals surface area contributed by atoms with Crippen molar-refractivity contribution in [2.45, 2.75) is 54.4 Å². The van der Waals surface area contributed by atoms with Crippen molar-refractivity contribution in [3.63, 3.8) is 0 Å². The number of rotatable bonds is 4. The van der Waals surface area contributed by atoms with Gasteiger partial charge in [0, 0.05) is 23.8 Å². The minimum atomic E-state index is -4.00. The van der Waals surface area contributed by atoms with Gasteiger partial charge in [-0.3, -0.25) is 0 Å². The summed E-state index contributed by atoms with van der Waals surface area (Å²) in [5.41, 5.74) is 8.12. The fourth-order valence-electron chi connectivity index (χ4n) is 5.57. The van der Waals surface area contributed by atoms with Gasteiger partial charge in [-0.25, -0.2) is 0 Å². The molecule has 2 aromatic rings. The number of allylic oxidation sites excluding steroid dienone is 2. The van der Waals surface area contributed by atoms with Crippen LogP contribution in [0, 0.1) is 13.8 Å². The first-order valence-corrected chi connectivity index (χ1v) is 11.6. The molecule has 0 aliphatic carbocycles. The summed E-state index contributed by atoms with van der Waals surface area (Å²) in [6, 6.07) is 5.84. The molecule has 31 heavy (non-hydrogen) atoms. The Morgan fingerprint density at radius 3 is 2.35 bits per heavy atom. The minimum Gasteiger partial charge on any atom is -0.496 e. The van der Waals surface area contributed by atoms with E-state index in [1.54, 1.807) is 7.11 Å². The maximum Gasteiger partial charge on any atom is 0.737 e. The molecule has 2 aliphatic heterocycles. The number of ether oxygens (including phenoxy) is 1. The molecule has 0 amide bonds. The second-order valence-electron chi connectivity index (χ2n) is 8.33. The fourth-order valence-corrected chi connectivity index (χ4v) is 5.98. The Bertz CT molecular complexity index is 1220. The lowest BCUT2D eigenvalue weighted by Gasteiger charge is -2.34. The number of hydrogen-bond donors (Lipinski definition) is 0. The van der Waals surface area contributed by atoms with Gasteiger partial charge < -0.3 is 22.3 Å². The summed E-state index contributed by atoms with van der Waals surface area (Å²) in [5.74, 6) is 0.680. The second-order valence-corrected chi connectivity index (χ2v) is 9.19. The molecule has 0 fully saturated rings. The number of hydrogen-bond acceptors (Lipinski definition) is 1. The van der Waals surface area contributed by atoms with Crippen LogP contribution in [0.25, 0.3) is 5.57 Å². The highest BCUT2D eigenvalue weighted by Crippen LogP contribution is 2.47. The topological polar surface area (TPSA) is 17.2 Å². The third kappa shape index (κ3) is 2.85. The van der Waals surface area contributed by atoms with Crippen LogP contribution in [-0.2, 0) is 6.42 Å². The van der Waals surface area contributed by atoms with E-state index in [2.05, 4.69) is 15.9 Å². The number of benzene rings is 1. The molecule has 1 aromatic heterocycles. The van der Waals surface area contributed by atoms with E-state index in [0.717, 1.165) is 37.9 Å². The predicted molar refractivity (Wildman–Crippen MR) is 127 cm³/mol. The molecule has 0 N–H and O–H groups in total. The maximum atomic E-state index is 16.2. The molecule has 0 radical (unpaired) electrons. The van der Waals surface area contributed by atoms with Crippen LogP contribution >= 0.6 is 15.9 Å². The van der Waals surface area contributed by atoms with Gasteiger partial charge in [-0.2, -0.15) is 0 Å². The number of halogens is 3.